The second-order valence-corrected chi connectivity index (χ2v) is 12.5. The summed E-state index contributed by atoms with van der Waals surface area (Å²) in [6.45, 7) is 3.62. The van der Waals surface area contributed by atoms with Gasteiger partial charge in [-0.15, -0.1) is 0 Å². The lowest BCUT2D eigenvalue weighted by Crippen LogP contribution is -2.05. The molecule has 8 aromatic rings. The smallest absolute Gasteiger partial charge is 0.309 e. The first-order valence-electron chi connectivity index (χ1n) is 16.6. The van der Waals surface area contributed by atoms with Gasteiger partial charge in [0.15, 0.2) is 0 Å². The van der Waals surface area contributed by atoms with E-state index in [2.05, 4.69) is 11.1 Å². The molecule has 0 aliphatic heterocycles. The number of nitriles is 2. The molecule has 0 aliphatic carbocycles. The maximum absolute atomic E-state index is 13.8. The van der Waals surface area contributed by atoms with E-state index < -0.39 is 23.5 Å². The lowest BCUT2D eigenvalue weighted by Gasteiger charge is -2.18. The standard InChI is InChI=1S/C38H20F6N4.C5H7N/c39-37(40,41)23-10-13-33-28(18-23)25-5-1-3-7-31(25)47(33)35-15-16-46-21-30(35)27-12-9-22(20-45)17-36(27)48-32-8-4-2-6-26(32)29-19-24(38(42,43)44)11-14-34(29)48;1-3-5(2)4-6/h1-19,21H;3H,1-2H3/b;5-3+. The normalized spacial score (nSPS) is 12.1. The molecule has 0 unspecified atom stereocenters. The number of rotatable bonds is 3. The molecule has 0 bridgehead atoms. The highest BCUT2D eigenvalue weighted by Crippen LogP contribution is 2.43. The minimum absolute atomic E-state index is 0.327. The Morgan fingerprint density at radius 1 is 0.611 bits per heavy atom. The number of benzene rings is 5. The highest BCUT2D eigenvalue weighted by Gasteiger charge is 2.32. The maximum atomic E-state index is 13.8. The van der Waals surface area contributed by atoms with E-state index in [9.17, 15) is 31.6 Å². The van der Waals surface area contributed by atoms with Crippen LogP contribution < -0.4 is 0 Å². The first kappa shape index (κ1) is 35.5. The van der Waals surface area contributed by atoms with Crippen molar-refractivity contribution >= 4 is 43.6 Å². The number of hydrogen-bond donors (Lipinski definition) is 0. The van der Waals surface area contributed by atoms with Crippen LogP contribution in [-0.4, -0.2) is 14.1 Å². The Kier molecular flexibility index (Phi) is 8.96. The fourth-order valence-corrected chi connectivity index (χ4v) is 6.69. The topological polar surface area (TPSA) is 70.3 Å². The number of allylic oxidation sites excluding steroid dienone is 2. The molecule has 3 aromatic heterocycles. The van der Waals surface area contributed by atoms with Gasteiger partial charge in [-0.1, -0.05) is 48.5 Å². The molecule has 0 amide bonds. The molecule has 11 heteroatoms. The first-order chi connectivity index (χ1) is 25.8. The fraction of sp³-hybridized carbons (Fsp3) is 0.0930. The third-order valence-electron chi connectivity index (χ3n) is 9.31. The quantitative estimate of drug-likeness (QED) is 0.134. The molecule has 3 heterocycles. The van der Waals surface area contributed by atoms with E-state index >= 15 is 0 Å². The van der Waals surface area contributed by atoms with Crippen LogP contribution in [0.25, 0.3) is 66.1 Å². The van der Waals surface area contributed by atoms with Gasteiger partial charge in [0, 0.05) is 50.6 Å². The molecular weight excluding hydrogens is 700 g/mol. The van der Waals surface area contributed by atoms with Gasteiger partial charge in [-0.25, -0.2) is 0 Å². The van der Waals surface area contributed by atoms with Gasteiger partial charge in [-0.05, 0) is 80.6 Å². The van der Waals surface area contributed by atoms with Crippen LogP contribution in [0.1, 0.15) is 30.5 Å². The van der Waals surface area contributed by atoms with Gasteiger partial charge in [0.25, 0.3) is 0 Å². The number of halogens is 6. The van der Waals surface area contributed by atoms with Crippen molar-refractivity contribution in [3.8, 4) is 34.6 Å². The zero-order valence-corrected chi connectivity index (χ0v) is 28.6. The lowest BCUT2D eigenvalue weighted by molar-refractivity contribution is -0.138. The fourth-order valence-electron chi connectivity index (χ4n) is 6.69. The van der Waals surface area contributed by atoms with Crippen LogP contribution in [0.15, 0.2) is 133 Å². The molecule has 0 aliphatic rings. The summed E-state index contributed by atoms with van der Waals surface area (Å²) in [5.41, 5.74) is 4.25. The molecule has 0 spiro atoms. The van der Waals surface area contributed by atoms with Crippen molar-refractivity contribution in [2.75, 3.05) is 0 Å². The Labute approximate surface area is 304 Å². The number of alkyl halides is 6. The van der Waals surface area contributed by atoms with Gasteiger partial charge < -0.3 is 9.13 Å². The van der Waals surface area contributed by atoms with Crippen LogP contribution in [-0.2, 0) is 12.4 Å². The summed E-state index contributed by atoms with van der Waals surface area (Å²) >= 11 is 0. The van der Waals surface area contributed by atoms with Gasteiger partial charge in [-0.3, -0.25) is 4.98 Å². The van der Waals surface area contributed by atoms with Crippen molar-refractivity contribution in [3.63, 3.8) is 0 Å². The second kappa shape index (κ2) is 13.6. The Morgan fingerprint density at radius 2 is 1.13 bits per heavy atom. The molecule has 0 radical (unpaired) electrons. The van der Waals surface area contributed by atoms with E-state index in [4.69, 9.17) is 5.26 Å². The van der Waals surface area contributed by atoms with Crippen LogP contribution in [0.3, 0.4) is 0 Å². The van der Waals surface area contributed by atoms with E-state index in [0.29, 0.717) is 71.7 Å². The highest BCUT2D eigenvalue weighted by molar-refractivity contribution is 6.11. The lowest BCUT2D eigenvalue weighted by atomic mass is 10.0. The summed E-state index contributed by atoms with van der Waals surface area (Å²) in [5.74, 6) is 0. The number of hydrogen-bond acceptors (Lipinski definition) is 3. The van der Waals surface area contributed by atoms with Crippen molar-refractivity contribution in [1.82, 2.24) is 14.1 Å². The Morgan fingerprint density at radius 3 is 1.61 bits per heavy atom. The van der Waals surface area contributed by atoms with Gasteiger partial charge >= 0.3 is 12.4 Å². The summed E-state index contributed by atoms with van der Waals surface area (Å²) in [6, 6.07) is 32.5. The van der Waals surface area contributed by atoms with E-state index in [-0.39, 0.29) is 0 Å². The predicted octanol–water partition coefficient (Wildman–Crippen LogP) is 12.3. The molecule has 266 valence electrons. The molecule has 0 atom stereocenters. The number of fused-ring (bicyclic) bond motifs is 6. The molecule has 8 rings (SSSR count). The minimum Gasteiger partial charge on any atom is -0.309 e. The van der Waals surface area contributed by atoms with Crippen LogP contribution in [0, 0.1) is 22.7 Å². The van der Waals surface area contributed by atoms with E-state index in [0.717, 1.165) is 29.8 Å². The Balaban J connectivity index is 0.000000695. The Bertz CT molecular complexity index is 2860. The molecular formula is C43H27F6N5. The van der Waals surface area contributed by atoms with Crippen LogP contribution in [0.5, 0.6) is 0 Å². The molecule has 0 saturated heterocycles. The summed E-state index contributed by atoms with van der Waals surface area (Å²) in [6.07, 6.45) is -4.07. The molecule has 54 heavy (non-hydrogen) atoms. The van der Waals surface area contributed by atoms with Crippen LogP contribution in [0.2, 0.25) is 0 Å². The second-order valence-electron chi connectivity index (χ2n) is 12.5. The minimum atomic E-state index is -4.54. The number of aromatic nitrogens is 3. The largest absolute Gasteiger partial charge is 0.416 e. The van der Waals surface area contributed by atoms with E-state index in [1.165, 1.54) is 12.1 Å². The van der Waals surface area contributed by atoms with Crippen molar-refractivity contribution in [2.24, 2.45) is 0 Å². The van der Waals surface area contributed by atoms with Gasteiger partial charge in [0.05, 0.1) is 62.3 Å². The van der Waals surface area contributed by atoms with Crippen LogP contribution in [0.4, 0.5) is 26.3 Å². The number of para-hydroxylation sites is 2. The molecule has 0 fully saturated rings. The molecule has 5 nitrogen and oxygen atoms in total. The zero-order chi connectivity index (χ0) is 38.4. The average molecular weight is 728 g/mol. The first-order valence-corrected chi connectivity index (χ1v) is 16.6. The monoisotopic (exact) mass is 727 g/mol. The number of pyridine rings is 1. The molecule has 0 saturated carbocycles. The Hall–Kier alpha value is -6.85. The summed E-state index contributed by atoms with van der Waals surface area (Å²) in [5, 5.41) is 20.0. The van der Waals surface area contributed by atoms with Crippen molar-refractivity contribution in [1.29, 1.82) is 10.5 Å². The van der Waals surface area contributed by atoms with Crippen molar-refractivity contribution in [3.05, 3.63) is 150 Å². The van der Waals surface area contributed by atoms with Gasteiger partial charge in [0.2, 0.25) is 0 Å². The summed E-state index contributed by atoms with van der Waals surface area (Å²) in [7, 11) is 0. The molecule has 0 N–H and O–H groups in total. The predicted molar refractivity (Wildman–Crippen MR) is 198 cm³/mol. The van der Waals surface area contributed by atoms with Crippen molar-refractivity contribution < 1.29 is 26.3 Å². The summed E-state index contributed by atoms with van der Waals surface area (Å²) < 4.78 is 86.5. The van der Waals surface area contributed by atoms with Crippen molar-refractivity contribution in [2.45, 2.75) is 26.2 Å². The summed E-state index contributed by atoms with van der Waals surface area (Å²) in [4.78, 5) is 4.41. The van der Waals surface area contributed by atoms with Crippen LogP contribution >= 0.6 is 0 Å². The van der Waals surface area contributed by atoms with Gasteiger partial charge in [-0.2, -0.15) is 36.9 Å². The third kappa shape index (κ3) is 6.20. The molecule has 5 aromatic carbocycles. The SMILES string of the molecule is C/C=C(\C)C#N.N#Cc1ccc(-c2cnccc2-n2c3ccccc3c3cc(C(F)(F)F)ccc32)c(-n2c3ccccc3c3cc(C(F)(F)F)ccc32)c1. The number of nitrogens with zero attached hydrogens (tertiary/aromatic N) is 5. The maximum Gasteiger partial charge on any atom is 0.416 e. The van der Waals surface area contributed by atoms with Gasteiger partial charge in [0.1, 0.15) is 0 Å². The van der Waals surface area contributed by atoms with E-state index in [1.54, 1.807) is 86.1 Å². The zero-order valence-electron chi connectivity index (χ0n) is 28.6. The third-order valence-corrected chi connectivity index (χ3v) is 9.31. The average Bonchev–Trinajstić information content (AvgIpc) is 3.69. The van der Waals surface area contributed by atoms with E-state index in [1.807, 2.05) is 34.3 Å². The highest BCUT2D eigenvalue weighted by atomic mass is 19.4.